The molecule has 88 valence electrons. The van der Waals surface area contributed by atoms with E-state index < -0.39 is 18.0 Å². The molecule has 0 aliphatic rings. The van der Waals surface area contributed by atoms with Gasteiger partial charge >= 0.3 is 6.36 Å². The van der Waals surface area contributed by atoms with Crippen LogP contribution in [0.15, 0.2) is 18.2 Å². The molecular formula is C10H10F3NO2. The number of carbonyl (C=O) groups excluding carboxylic acids is 1. The standard InChI is InChI=1S/C10H10F3NO2/c1-2-6-3-7(9(14)15)5-8(4-6)16-10(11,12)13/h3-5H,2H2,1H3,(H2,14,15). The number of aryl methyl sites for hydroxylation is 1. The van der Waals surface area contributed by atoms with Crippen molar-refractivity contribution in [2.24, 2.45) is 5.73 Å². The molecule has 0 spiro atoms. The summed E-state index contributed by atoms with van der Waals surface area (Å²) in [5.41, 5.74) is 5.54. The highest BCUT2D eigenvalue weighted by atomic mass is 19.4. The fraction of sp³-hybridized carbons (Fsp3) is 0.300. The maximum absolute atomic E-state index is 12.0. The van der Waals surface area contributed by atoms with Gasteiger partial charge in [-0.2, -0.15) is 0 Å². The summed E-state index contributed by atoms with van der Waals surface area (Å²) < 4.78 is 39.6. The van der Waals surface area contributed by atoms with Gasteiger partial charge in [-0.05, 0) is 30.2 Å². The van der Waals surface area contributed by atoms with E-state index >= 15 is 0 Å². The van der Waals surface area contributed by atoms with Crippen LogP contribution in [0, 0.1) is 0 Å². The SMILES string of the molecule is CCc1cc(OC(F)(F)F)cc(C(N)=O)c1. The van der Waals surface area contributed by atoms with E-state index in [0.29, 0.717) is 12.0 Å². The summed E-state index contributed by atoms with van der Waals surface area (Å²) in [4.78, 5) is 10.9. The third-order valence-corrected chi connectivity index (χ3v) is 1.89. The highest BCUT2D eigenvalue weighted by Gasteiger charge is 2.31. The summed E-state index contributed by atoms with van der Waals surface area (Å²) in [5.74, 6) is -1.22. The zero-order valence-electron chi connectivity index (χ0n) is 8.47. The Hall–Kier alpha value is -1.72. The first kappa shape index (κ1) is 12.4. The van der Waals surface area contributed by atoms with Gasteiger partial charge < -0.3 is 10.5 Å². The maximum Gasteiger partial charge on any atom is 0.573 e. The molecule has 16 heavy (non-hydrogen) atoms. The molecule has 0 aliphatic heterocycles. The van der Waals surface area contributed by atoms with Gasteiger partial charge in [0.15, 0.2) is 0 Å². The summed E-state index contributed by atoms with van der Waals surface area (Å²) >= 11 is 0. The third-order valence-electron chi connectivity index (χ3n) is 1.89. The van der Waals surface area contributed by atoms with E-state index in [1.54, 1.807) is 6.92 Å². The number of alkyl halides is 3. The second-order valence-electron chi connectivity index (χ2n) is 3.13. The minimum Gasteiger partial charge on any atom is -0.406 e. The number of ether oxygens (including phenoxy) is 1. The molecule has 0 bridgehead atoms. The summed E-state index contributed by atoms with van der Waals surface area (Å²) in [6.07, 6.45) is -4.30. The van der Waals surface area contributed by atoms with Gasteiger partial charge in [-0.15, -0.1) is 13.2 Å². The van der Waals surface area contributed by atoms with Gasteiger partial charge in [-0.3, -0.25) is 4.79 Å². The Morgan fingerprint density at radius 2 is 2.00 bits per heavy atom. The molecule has 3 nitrogen and oxygen atoms in total. The van der Waals surface area contributed by atoms with E-state index in [1.807, 2.05) is 0 Å². The molecule has 0 aromatic heterocycles. The normalized spacial score (nSPS) is 11.2. The van der Waals surface area contributed by atoms with Crippen molar-refractivity contribution in [2.75, 3.05) is 0 Å². The fourth-order valence-electron chi connectivity index (χ4n) is 1.20. The lowest BCUT2D eigenvalue weighted by molar-refractivity contribution is -0.274. The summed E-state index contributed by atoms with van der Waals surface area (Å²) in [7, 11) is 0. The van der Waals surface area contributed by atoms with Gasteiger partial charge in [0.25, 0.3) is 0 Å². The first-order chi connectivity index (χ1) is 7.31. The van der Waals surface area contributed by atoms with Crippen LogP contribution in [0.5, 0.6) is 5.75 Å². The number of primary amides is 1. The Bertz CT molecular complexity index is 402. The first-order valence-corrected chi connectivity index (χ1v) is 4.51. The van der Waals surface area contributed by atoms with Crippen molar-refractivity contribution in [3.05, 3.63) is 29.3 Å². The van der Waals surface area contributed by atoms with Crippen molar-refractivity contribution in [3.8, 4) is 5.75 Å². The number of carbonyl (C=O) groups is 1. The highest BCUT2D eigenvalue weighted by molar-refractivity contribution is 5.93. The van der Waals surface area contributed by atoms with Crippen LogP contribution < -0.4 is 10.5 Å². The van der Waals surface area contributed by atoms with Crippen LogP contribution in [0.2, 0.25) is 0 Å². The summed E-state index contributed by atoms with van der Waals surface area (Å²) in [5, 5.41) is 0. The van der Waals surface area contributed by atoms with Gasteiger partial charge in [-0.1, -0.05) is 6.92 Å². The lowest BCUT2D eigenvalue weighted by Crippen LogP contribution is -2.18. The zero-order valence-corrected chi connectivity index (χ0v) is 8.47. The smallest absolute Gasteiger partial charge is 0.406 e. The Balaban J connectivity index is 3.09. The predicted molar refractivity (Wildman–Crippen MR) is 51.0 cm³/mol. The fourth-order valence-corrected chi connectivity index (χ4v) is 1.20. The van der Waals surface area contributed by atoms with Crippen LogP contribution in [-0.2, 0) is 6.42 Å². The molecule has 0 saturated carbocycles. The van der Waals surface area contributed by atoms with E-state index in [4.69, 9.17) is 5.73 Å². The van der Waals surface area contributed by atoms with E-state index in [9.17, 15) is 18.0 Å². The Morgan fingerprint density at radius 1 is 1.38 bits per heavy atom. The molecule has 1 rings (SSSR count). The molecule has 2 N–H and O–H groups in total. The van der Waals surface area contributed by atoms with Crippen molar-refractivity contribution in [1.82, 2.24) is 0 Å². The van der Waals surface area contributed by atoms with Crippen molar-refractivity contribution in [1.29, 1.82) is 0 Å². The largest absolute Gasteiger partial charge is 0.573 e. The minimum atomic E-state index is -4.78. The summed E-state index contributed by atoms with van der Waals surface area (Å²) in [6.45, 7) is 1.75. The maximum atomic E-state index is 12.0. The number of hydrogen-bond donors (Lipinski definition) is 1. The lowest BCUT2D eigenvalue weighted by Gasteiger charge is -2.11. The number of rotatable bonds is 3. The second-order valence-corrected chi connectivity index (χ2v) is 3.13. The van der Waals surface area contributed by atoms with Crippen LogP contribution in [0.4, 0.5) is 13.2 Å². The van der Waals surface area contributed by atoms with Crippen LogP contribution in [-0.4, -0.2) is 12.3 Å². The minimum absolute atomic E-state index is 0.00130. The molecule has 0 aliphatic carbocycles. The highest BCUT2D eigenvalue weighted by Crippen LogP contribution is 2.25. The number of amides is 1. The van der Waals surface area contributed by atoms with E-state index in [0.717, 1.165) is 6.07 Å². The van der Waals surface area contributed by atoms with Gasteiger partial charge in [-0.25, -0.2) is 0 Å². The van der Waals surface area contributed by atoms with Crippen LogP contribution in [0.1, 0.15) is 22.8 Å². The number of hydrogen-bond acceptors (Lipinski definition) is 2. The van der Waals surface area contributed by atoms with E-state index in [1.165, 1.54) is 12.1 Å². The van der Waals surface area contributed by atoms with Gasteiger partial charge in [0.2, 0.25) is 5.91 Å². The molecule has 0 fully saturated rings. The number of nitrogens with two attached hydrogens (primary N) is 1. The Kier molecular flexibility index (Phi) is 3.41. The molecule has 6 heteroatoms. The van der Waals surface area contributed by atoms with Crippen LogP contribution in [0.25, 0.3) is 0 Å². The zero-order chi connectivity index (χ0) is 12.3. The van der Waals surface area contributed by atoms with Crippen molar-refractivity contribution in [2.45, 2.75) is 19.7 Å². The molecule has 1 aromatic rings. The average molecular weight is 233 g/mol. The van der Waals surface area contributed by atoms with Crippen molar-refractivity contribution < 1.29 is 22.7 Å². The molecule has 0 unspecified atom stereocenters. The Morgan fingerprint density at radius 3 is 2.44 bits per heavy atom. The summed E-state index contributed by atoms with van der Waals surface area (Å²) in [6, 6.07) is 3.63. The third kappa shape index (κ3) is 3.45. The Labute approximate surface area is 90.0 Å². The molecule has 0 atom stereocenters. The number of benzene rings is 1. The van der Waals surface area contributed by atoms with E-state index in [2.05, 4.69) is 4.74 Å². The lowest BCUT2D eigenvalue weighted by atomic mass is 10.1. The average Bonchev–Trinajstić information content (AvgIpc) is 2.14. The first-order valence-electron chi connectivity index (χ1n) is 4.51. The molecule has 0 saturated heterocycles. The quantitative estimate of drug-likeness (QED) is 0.870. The van der Waals surface area contributed by atoms with Crippen LogP contribution in [0.3, 0.4) is 0 Å². The molecular weight excluding hydrogens is 223 g/mol. The van der Waals surface area contributed by atoms with Gasteiger partial charge in [0.05, 0.1) is 0 Å². The number of halogens is 3. The second kappa shape index (κ2) is 4.42. The molecule has 1 aromatic carbocycles. The molecule has 0 radical (unpaired) electrons. The predicted octanol–water partition coefficient (Wildman–Crippen LogP) is 2.25. The topological polar surface area (TPSA) is 52.3 Å². The van der Waals surface area contributed by atoms with E-state index in [-0.39, 0.29) is 5.56 Å². The van der Waals surface area contributed by atoms with Gasteiger partial charge in [0, 0.05) is 5.56 Å². The van der Waals surface area contributed by atoms with Crippen LogP contribution >= 0.6 is 0 Å². The monoisotopic (exact) mass is 233 g/mol. The van der Waals surface area contributed by atoms with Crippen molar-refractivity contribution in [3.63, 3.8) is 0 Å². The molecule has 0 heterocycles. The van der Waals surface area contributed by atoms with Gasteiger partial charge in [0.1, 0.15) is 5.75 Å². The molecule has 1 amide bonds. The van der Waals surface area contributed by atoms with Crippen molar-refractivity contribution >= 4 is 5.91 Å².